The third-order valence-corrected chi connectivity index (χ3v) is 5.08. The Hall–Kier alpha value is -3.32. The van der Waals surface area contributed by atoms with Crippen molar-refractivity contribution in [1.29, 1.82) is 0 Å². The van der Waals surface area contributed by atoms with Gasteiger partial charge >= 0.3 is 0 Å². The Balaban J connectivity index is 1.42. The minimum atomic E-state index is -0.243. The maximum absolute atomic E-state index is 12.6. The summed E-state index contributed by atoms with van der Waals surface area (Å²) in [5.74, 6) is 1.48. The summed E-state index contributed by atoms with van der Waals surface area (Å²) in [7, 11) is 0. The molecule has 6 nitrogen and oxygen atoms in total. The van der Waals surface area contributed by atoms with Crippen molar-refractivity contribution in [2.24, 2.45) is 0 Å². The van der Waals surface area contributed by atoms with Gasteiger partial charge in [0.25, 0.3) is 5.91 Å². The van der Waals surface area contributed by atoms with Crippen LogP contribution in [0.4, 0.5) is 5.69 Å². The molecule has 0 saturated heterocycles. The molecule has 4 aromatic rings. The Labute approximate surface area is 168 Å². The van der Waals surface area contributed by atoms with Crippen molar-refractivity contribution in [3.63, 3.8) is 0 Å². The molecule has 1 aromatic heterocycles. The van der Waals surface area contributed by atoms with Crippen molar-refractivity contribution in [2.45, 2.75) is 0 Å². The first-order chi connectivity index (χ1) is 13.7. The van der Waals surface area contributed by atoms with Gasteiger partial charge in [-0.2, -0.15) is 0 Å². The van der Waals surface area contributed by atoms with E-state index in [-0.39, 0.29) is 12.7 Å². The maximum atomic E-state index is 12.6. The van der Waals surface area contributed by atoms with Gasteiger partial charge in [0.15, 0.2) is 17.1 Å². The number of carbonyl (C=O) groups is 1. The fourth-order valence-electron chi connectivity index (χ4n) is 3.00. The van der Waals surface area contributed by atoms with Crippen molar-refractivity contribution in [1.82, 2.24) is 4.98 Å². The zero-order valence-corrected chi connectivity index (χ0v) is 16.0. The lowest BCUT2D eigenvalue weighted by Crippen LogP contribution is -2.11. The number of ether oxygens (including phenoxy) is 2. The lowest BCUT2D eigenvalue weighted by molar-refractivity contribution is 0.102. The van der Waals surface area contributed by atoms with Gasteiger partial charge in [0, 0.05) is 15.7 Å². The summed E-state index contributed by atoms with van der Waals surface area (Å²) >= 11 is 3.51. The Bertz CT molecular complexity index is 1220. The quantitative estimate of drug-likeness (QED) is 0.475. The van der Waals surface area contributed by atoms with E-state index in [1.54, 1.807) is 36.4 Å². The van der Waals surface area contributed by atoms with Crippen molar-refractivity contribution in [2.75, 3.05) is 12.1 Å². The number of nitrogens with zero attached hydrogens (tertiary/aromatic N) is 1. The van der Waals surface area contributed by atoms with E-state index < -0.39 is 0 Å². The predicted octanol–water partition coefficient (Wildman–Crippen LogP) is 5.24. The van der Waals surface area contributed by atoms with Gasteiger partial charge in [-0.3, -0.25) is 4.79 Å². The Kier molecular flexibility index (Phi) is 4.02. The second kappa shape index (κ2) is 6.69. The van der Waals surface area contributed by atoms with Crippen molar-refractivity contribution >= 4 is 38.6 Å². The van der Waals surface area contributed by atoms with E-state index >= 15 is 0 Å². The molecule has 138 valence electrons. The molecule has 0 unspecified atom stereocenters. The molecule has 0 atom stereocenters. The highest BCUT2D eigenvalue weighted by molar-refractivity contribution is 9.10. The van der Waals surface area contributed by atoms with E-state index in [0.717, 1.165) is 10.0 Å². The smallest absolute Gasteiger partial charge is 0.255 e. The fourth-order valence-corrected chi connectivity index (χ4v) is 3.45. The predicted molar refractivity (Wildman–Crippen MR) is 108 cm³/mol. The molecule has 0 bridgehead atoms. The van der Waals surface area contributed by atoms with Crippen molar-refractivity contribution in [3.8, 4) is 23.0 Å². The fraction of sp³-hybridized carbons (Fsp3) is 0.0476. The number of hydrogen-bond acceptors (Lipinski definition) is 5. The number of hydrogen-bond donors (Lipinski definition) is 1. The zero-order chi connectivity index (χ0) is 19.1. The highest BCUT2D eigenvalue weighted by Crippen LogP contribution is 2.33. The first kappa shape index (κ1) is 16.8. The number of oxazole rings is 1. The van der Waals surface area contributed by atoms with E-state index in [1.807, 2.05) is 24.3 Å². The van der Waals surface area contributed by atoms with Crippen LogP contribution in [0.3, 0.4) is 0 Å². The molecule has 5 rings (SSSR count). The van der Waals surface area contributed by atoms with Crippen LogP contribution in [0.25, 0.3) is 22.6 Å². The van der Waals surface area contributed by atoms with Crippen LogP contribution < -0.4 is 14.8 Å². The molecule has 0 radical (unpaired) electrons. The summed E-state index contributed by atoms with van der Waals surface area (Å²) in [5, 5.41) is 2.88. The number of anilines is 1. The van der Waals surface area contributed by atoms with Gasteiger partial charge in [-0.25, -0.2) is 4.98 Å². The van der Waals surface area contributed by atoms with Crippen LogP contribution >= 0.6 is 15.9 Å². The average molecular weight is 437 g/mol. The Morgan fingerprint density at radius 3 is 2.75 bits per heavy atom. The number of rotatable bonds is 3. The highest BCUT2D eigenvalue weighted by Gasteiger charge is 2.17. The largest absolute Gasteiger partial charge is 0.454 e. The van der Waals surface area contributed by atoms with E-state index in [1.165, 1.54) is 0 Å². The van der Waals surface area contributed by atoms with Gasteiger partial charge in [-0.1, -0.05) is 12.1 Å². The highest BCUT2D eigenvalue weighted by atomic mass is 79.9. The molecule has 0 spiro atoms. The molecule has 1 aliphatic heterocycles. The number of carbonyl (C=O) groups excluding carboxylic acids is 1. The van der Waals surface area contributed by atoms with Crippen LogP contribution in [0.5, 0.6) is 11.5 Å². The number of nitrogens with one attached hydrogen (secondary N) is 1. The number of amides is 1. The lowest BCUT2D eigenvalue weighted by Gasteiger charge is -2.05. The van der Waals surface area contributed by atoms with Crippen molar-refractivity contribution in [3.05, 3.63) is 70.7 Å². The third-order valence-electron chi connectivity index (χ3n) is 4.38. The van der Waals surface area contributed by atoms with Crippen molar-refractivity contribution < 1.29 is 18.7 Å². The standard InChI is InChI=1S/C21H13BrN2O4/c22-15-4-2-1-3-14(15)21-24-16-10-13(6-8-17(16)28-21)23-20(25)12-5-7-18-19(9-12)27-11-26-18/h1-10H,11H2,(H,23,25). The summed E-state index contributed by atoms with van der Waals surface area (Å²) in [5.41, 5.74) is 3.28. The van der Waals surface area contributed by atoms with Crippen LogP contribution in [0, 0.1) is 0 Å². The minimum Gasteiger partial charge on any atom is -0.454 e. The van der Waals surface area contributed by atoms with Gasteiger partial charge < -0.3 is 19.2 Å². The topological polar surface area (TPSA) is 73.6 Å². The monoisotopic (exact) mass is 436 g/mol. The van der Waals surface area contributed by atoms with Crippen LogP contribution in [-0.2, 0) is 0 Å². The zero-order valence-electron chi connectivity index (χ0n) is 14.4. The van der Waals surface area contributed by atoms with E-state index in [0.29, 0.717) is 39.7 Å². The maximum Gasteiger partial charge on any atom is 0.255 e. The third kappa shape index (κ3) is 2.99. The number of benzene rings is 3. The van der Waals surface area contributed by atoms with Gasteiger partial charge in [0.05, 0.1) is 5.56 Å². The molecule has 1 amide bonds. The number of fused-ring (bicyclic) bond motifs is 2. The molecule has 2 heterocycles. The van der Waals surface area contributed by atoms with Gasteiger partial charge in [-0.05, 0) is 64.5 Å². The first-order valence-corrected chi connectivity index (χ1v) is 9.33. The molecular weight excluding hydrogens is 424 g/mol. The lowest BCUT2D eigenvalue weighted by atomic mass is 10.2. The molecule has 0 fully saturated rings. The average Bonchev–Trinajstić information content (AvgIpc) is 3.34. The van der Waals surface area contributed by atoms with Gasteiger partial charge in [0.1, 0.15) is 5.52 Å². The second-order valence-electron chi connectivity index (χ2n) is 6.20. The summed E-state index contributed by atoms with van der Waals surface area (Å²) in [4.78, 5) is 17.1. The second-order valence-corrected chi connectivity index (χ2v) is 7.06. The molecule has 28 heavy (non-hydrogen) atoms. The molecule has 0 aliphatic carbocycles. The number of aromatic nitrogens is 1. The normalized spacial score (nSPS) is 12.3. The first-order valence-electron chi connectivity index (χ1n) is 8.54. The van der Waals surface area contributed by atoms with E-state index in [9.17, 15) is 4.79 Å². The number of halogens is 1. The van der Waals surface area contributed by atoms with E-state index in [4.69, 9.17) is 13.9 Å². The summed E-state index contributed by atoms with van der Waals surface area (Å²) in [6.45, 7) is 0.170. The molecule has 1 aliphatic rings. The summed E-state index contributed by atoms with van der Waals surface area (Å²) < 4.78 is 17.3. The minimum absolute atomic E-state index is 0.170. The molecule has 7 heteroatoms. The molecule has 0 saturated carbocycles. The van der Waals surface area contributed by atoms with E-state index in [2.05, 4.69) is 26.2 Å². The van der Waals surface area contributed by atoms with Gasteiger partial charge in [0.2, 0.25) is 12.7 Å². The van der Waals surface area contributed by atoms with Crippen LogP contribution in [0.1, 0.15) is 10.4 Å². The molecule has 1 N–H and O–H groups in total. The molecular formula is C21H13BrN2O4. The summed E-state index contributed by atoms with van der Waals surface area (Å²) in [6.07, 6.45) is 0. The van der Waals surface area contributed by atoms with Crippen LogP contribution in [0.2, 0.25) is 0 Å². The van der Waals surface area contributed by atoms with Crippen LogP contribution in [0.15, 0.2) is 69.6 Å². The van der Waals surface area contributed by atoms with Crippen LogP contribution in [-0.4, -0.2) is 17.7 Å². The Morgan fingerprint density at radius 2 is 1.86 bits per heavy atom. The van der Waals surface area contributed by atoms with Gasteiger partial charge in [-0.15, -0.1) is 0 Å². The SMILES string of the molecule is O=C(Nc1ccc2oc(-c3ccccc3Br)nc2c1)c1ccc2c(c1)OCO2. The summed E-state index contributed by atoms with van der Waals surface area (Å²) in [6, 6.07) is 18.1. The Morgan fingerprint density at radius 1 is 1.00 bits per heavy atom. The molecule has 3 aromatic carbocycles.